The van der Waals surface area contributed by atoms with Gasteiger partial charge in [0, 0.05) is 12.6 Å². The molecule has 0 amide bonds. The molecule has 8 heteroatoms. The van der Waals surface area contributed by atoms with Crippen LogP contribution >= 0.6 is 0 Å². The van der Waals surface area contributed by atoms with E-state index in [1.807, 2.05) is 25.1 Å². The minimum Gasteiger partial charge on any atom is -0.497 e. The number of benzene rings is 2. The number of halogens is 1. The molecule has 0 radical (unpaired) electrons. The lowest BCUT2D eigenvalue weighted by Crippen LogP contribution is -2.24. The summed E-state index contributed by atoms with van der Waals surface area (Å²) < 4.78 is 30.4. The molecule has 2 aromatic heterocycles. The van der Waals surface area contributed by atoms with Gasteiger partial charge in [0.25, 0.3) is 0 Å². The molecule has 0 aliphatic carbocycles. The van der Waals surface area contributed by atoms with Gasteiger partial charge in [0.15, 0.2) is 0 Å². The number of aromatic nitrogens is 3. The predicted molar refractivity (Wildman–Crippen MR) is 118 cm³/mol. The smallest absolute Gasteiger partial charge is 0.230 e. The van der Waals surface area contributed by atoms with Gasteiger partial charge in [-0.3, -0.25) is 4.90 Å². The Kier molecular flexibility index (Phi) is 5.30. The minimum absolute atomic E-state index is 0.125. The summed E-state index contributed by atoms with van der Waals surface area (Å²) in [6.45, 7) is 3.50. The summed E-state index contributed by atoms with van der Waals surface area (Å²) >= 11 is 0. The van der Waals surface area contributed by atoms with E-state index < -0.39 is 0 Å². The first-order valence-electron chi connectivity index (χ1n) is 10.6. The number of H-pyrrole nitrogens is 1. The molecule has 1 aliphatic heterocycles. The number of nitrogens with zero attached hydrogens (tertiary/aromatic N) is 3. The molecule has 32 heavy (non-hydrogen) atoms. The molecule has 0 saturated carbocycles. The van der Waals surface area contributed by atoms with Gasteiger partial charge in [0.2, 0.25) is 5.89 Å². The second kappa shape index (κ2) is 8.27. The number of methoxy groups -OCH3 is 2. The SMILES string of the molecule is COc1ccc(-c2nc(CN3CCC[C@@H]3c3nc4ccc(F)cc4[nH]3)c(C)o2)c(OC)c1. The Morgan fingerprint density at radius 1 is 1.16 bits per heavy atom. The van der Waals surface area contributed by atoms with E-state index in [9.17, 15) is 4.39 Å². The molecule has 166 valence electrons. The van der Waals surface area contributed by atoms with Crippen molar-refractivity contribution in [1.29, 1.82) is 0 Å². The Bertz CT molecular complexity index is 1270. The summed E-state index contributed by atoms with van der Waals surface area (Å²) in [6, 6.07) is 10.3. The van der Waals surface area contributed by atoms with Crippen molar-refractivity contribution in [2.45, 2.75) is 32.4 Å². The van der Waals surface area contributed by atoms with E-state index >= 15 is 0 Å². The van der Waals surface area contributed by atoms with Crippen LogP contribution < -0.4 is 9.47 Å². The number of aromatic amines is 1. The summed E-state index contributed by atoms with van der Waals surface area (Å²) in [5.41, 5.74) is 3.16. The number of likely N-dealkylation sites (tertiary alicyclic amines) is 1. The average molecular weight is 436 g/mol. The molecule has 5 rings (SSSR count). The first-order valence-corrected chi connectivity index (χ1v) is 10.6. The van der Waals surface area contributed by atoms with Crippen LogP contribution in [0.2, 0.25) is 0 Å². The molecule has 4 aromatic rings. The van der Waals surface area contributed by atoms with Gasteiger partial charge in [0.05, 0.1) is 42.6 Å². The molecule has 2 aromatic carbocycles. The zero-order valence-electron chi connectivity index (χ0n) is 18.3. The van der Waals surface area contributed by atoms with Crippen molar-refractivity contribution in [1.82, 2.24) is 19.9 Å². The highest BCUT2D eigenvalue weighted by Gasteiger charge is 2.30. The number of hydrogen-bond donors (Lipinski definition) is 1. The van der Waals surface area contributed by atoms with Crippen molar-refractivity contribution in [3.8, 4) is 23.0 Å². The standard InChI is InChI=1S/C24H25FN4O3/c1-14-20(28-24(32-14)17-8-7-16(30-2)12-22(17)31-3)13-29-10-4-5-21(29)23-26-18-9-6-15(25)11-19(18)27-23/h6-9,11-12,21H,4-5,10,13H2,1-3H3,(H,26,27)/t21-/m1/s1. The van der Waals surface area contributed by atoms with Crippen molar-refractivity contribution >= 4 is 11.0 Å². The van der Waals surface area contributed by atoms with Crippen LogP contribution in [0.4, 0.5) is 4.39 Å². The van der Waals surface area contributed by atoms with E-state index in [1.54, 1.807) is 20.3 Å². The first-order chi connectivity index (χ1) is 15.6. The van der Waals surface area contributed by atoms with Crippen LogP contribution in [0, 0.1) is 12.7 Å². The lowest BCUT2D eigenvalue weighted by molar-refractivity contribution is 0.237. The van der Waals surface area contributed by atoms with Crippen molar-refractivity contribution < 1.29 is 18.3 Å². The van der Waals surface area contributed by atoms with Gasteiger partial charge >= 0.3 is 0 Å². The maximum Gasteiger partial charge on any atom is 0.230 e. The maximum atomic E-state index is 13.6. The van der Waals surface area contributed by atoms with Crippen molar-refractivity contribution in [2.75, 3.05) is 20.8 Å². The highest BCUT2D eigenvalue weighted by Crippen LogP contribution is 2.36. The lowest BCUT2D eigenvalue weighted by atomic mass is 10.2. The van der Waals surface area contributed by atoms with Crippen LogP contribution in [0.3, 0.4) is 0 Å². The van der Waals surface area contributed by atoms with E-state index in [4.69, 9.17) is 23.9 Å². The van der Waals surface area contributed by atoms with E-state index in [-0.39, 0.29) is 11.9 Å². The van der Waals surface area contributed by atoms with Gasteiger partial charge < -0.3 is 18.9 Å². The second-order valence-electron chi connectivity index (χ2n) is 8.00. The Hall–Kier alpha value is -3.39. The van der Waals surface area contributed by atoms with Crippen LogP contribution in [-0.2, 0) is 6.54 Å². The molecule has 0 unspecified atom stereocenters. The second-order valence-corrected chi connectivity index (χ2v) is 8.00. The molecule has 1 saturated heterocycles. The molecular weight excluding hydrogens is 411 g/mol. The summed E-state index contributed by atoms with van der Waals surface area (Å²) in [5.74, 6) is 3.24. The number of imidazole rings is 1. The first kappa shape index (κ1) is 20.5. The monoisotopic (exact) mass is 436 g/mol. The summed E-state index contributed by atoms with van der Waals surface area (Å²) in [4.78, 5) is 15.1. The topological polar surface area (TPSA) is 76.4 Å². The third kappa shape index (κ3) is 3.71. The summed E-state index contributed by atoms with van der Waals surface area (Å²) in [6.07, 6.45) is 2.05. The molecule has 1 fully saturated rings. The van der Waals surface area contributed by atoms with Crippen LogP contribution in [-0.4, -0.2) is 40.6 Å². The Morgan fingerprint density at radius 3 is 2.84 bits per heavy atom. The van der Waals surface area contributed by atoms with Crippen LogP contribution in [0.5, 0.6) is 11.5 Å². The summed E-state index contributed by atoms with van der Waals surface area (Å²) in [7, 11) is 3.23. The number of rotatable bonds is 6. The zero-order chi connectivity index (χ0) is 22.2. The Morgan fingerprint density at radius 2 is 2.03 bits per heavy atom. The quantitative estimate of drug-likeness (QED) is 0.457. The number of ether oxygens (including phenoxy) is 2. The number of oxazole rings is 1. The minimum atomic E-state index is -0.268. The Labute approximate surface area is 185 Å². The normalized spacial score (nSPS) is 16.7. The molecule has 1 atom stereocenters. The molecule has 3 heterocycles. The van der Waals surface area contributed by atoms with E-state index in [0.717, 1.165) is 53.3 Å². The number of aryl methyl sites for hydroxylation is 1. The largest absolute Gasteiger partial charge is 0.497 e. The van der Waals surface area contributed by atoms with Gasteiger partial charge in [-0.25, -0.2) is 14.4 Å². The highest BCUT2D eigenvalue weighted by molar-refractivity contribution is 5.75. The van der Waals surface area contributed by atoms with Gasteiger partial charge in [-0.05, 0) is 56.6 Å². The van der Waals surface area contributed by atoms with Crippen LogP contribution in [0.15, 0.2) is 40.8 Å². The fourth-order valence-corrected chi connectivity index (χ4v) is 4.34. The maximum absolute atomic E-state index is 13.6. The fourth-order valence-electron chi connectivity index (χ4n) is 4.34. The predicted octanol–water partition coefficient (Wildman–Crippen LogP) is 5.02. The summed E-state index contributed by atoms with van der Waals surface area (Å²) in [5, 5.41) is 0. The van der Waals surface area contributed by atoms with Crippen molar-refractivity contribution in [3.63, 3.8) is 0 Å². The number of fused-ring (bicyclic) bond motifs is 1. The third-order valence-corrected chi connectivity index (χ3v) is 6.03. The van der Waals surface area contributed by atoms with Gasteiger partial charge in [-0.15, -0.1) is 0 Å². The van der Waals surface area contributed by atoms with Crippen LogP contribution in [0.25, 0.3) is 22.5 Å². The van der Waals surface area contributed by atoms with Gasteiger partial charge in [-0.2, -0.15) is 0 Å². The highest BCUT2D eigenvalue weighted by atomic mass is 19.1. The number of hydrogen-bond acceptors (Lipinski definition) is 6. The fraction of sp³-hybridized carbons (Fsp3) is 0.333. The molecule has 7 nitrogen and oxygen atoms in total. The molecule has 0 bridgehead atoms. The van der Waals surface area contributed by atoms with Crippen LogP contribution in [0.1, 0.15) is 36.2 Å². The van der Waals surface area contributed by atoms with E-state index in [1.165, 1.54) is 12.1 Å². The molecule has 1 aliphatic rings. The lowest BCUT2D eigenvalue weighted by Gasteiger charge is -2.21. The molecule has 1 N–H and O–H groups in total. The van der Waals surface area contributed by atoms with Crippen molar-refractivity contribution in [3.05, 3.63) is 59.5 Å². The van der Waals surface area contributed by atoms with E-state index in [0.29, 0.717) is 23.9 Å². The Balaban J connectivity index is 1.41. The van der Waals surface area contributed by atoms with Crippen molar-refractivity contribution in [2.24, 2.45) is 0 Å². The average Bonchev–Trinajstić information content (AvgIpc) is 3.51. The third-order valence-electron chi connectivity index (χ3n) is 6.03. The molecule has 0 spiro atoms. The zero-order valence-corrected chi connectivity index (χ0v) is 18.3. The number of nitrogens with one attached hydrogen (secondary N) is 1. The van der Waals surface area contributed by atoms with Gasteiger partial charge in [-0.1, -0.05) is 0 Å². The van der Waals surface area contributed by atoms with E-state index in [2.05, 4.69) is 9.88 Å². The molecular formula is C24H25FN4O3. The van der Waals surface area contributed by atoms with Gasteiger partial charge in [0.1, 0.15) is 28.9 Å².